The van der Waals surface area contributed by atoms with Crippen LogP contribution in [0, 0.1) is 6.92 Å². The van der Waals surface area contributed by atoms with Crippen LogP contribution in [0.15, 0.2) is 53.0 Å². The average Bonchev–Trinajstić information content (AvgIpc) is 2.90. The molecule has 1 N–H and O–H groups in total. The number of rotatable bonds is 3. The molecule has 0 aliphatic heterocycles. The standard InChI is InChI=1S/C16H12BrN3O2/c1-10-18-15(11-3-2-4-12(9-11)16(21)22)19-20(10)14-7-5-13(17)6-8-14/h2-9H,1H3,(H,21,22). The lowest BCUT2D eigenvalue weighted by Crippen LogP contribution is -1.99. The van der Waals surface area contributed by atoms with Gasteiger partial charge in [0.15, 0.2) is 5.82 Å². The van der Waals surface area contributed by atoms with Crippen LogP contribution in [0.1, 0.15) is 16.2 Å². The zero-order valence-electron chi connectivity index (χ0n) is 11.7. The molecule has 0 aliphatic rings. The quantitative estimate of drug-likeness (QED) is 0.775. The van der Waals surface area contributed by atoms with Crippen molar-refractivity contribution < 1.29 is 9.90 Å². The summed E-state index contributed by atoms with van der Waals surface area (Å²) in [5.41, 5.74) is 1.79. The monoisotopic (exact) mass is 357 g/mol. The minimum absolute atomic E-state index is 0.218. The van der Waals surface area contributed by atoms with Crippen molar-refractivity contribution in [2.45, 2.75) is 6.92 Å². The number of carbonyl (C=O) groups is 1. The predicted molar refractivity (Wildman–Crippen MR) is 86.2 cm³/mol. The number of halogens is 1. The van der Waals surface area contributed by atoms with Gasteiger partial charge in [-0.2, -0.15) is 0 Å². The lowest BCUT2D eigenvalue weighted by Gasteiger charge is -2.02. The zero-order chi connectivity index (χ0) is 15.7. The summed E-state index contributed by atoms with van der Waals surface area (Å²) in [5, 5.41) is 13.5. The summed E-state index contributed by atoms with van der Waals surface area (Å²) in [6, 6.07) is 14.3. The van der Waals surface area contributed by atoms with Gasteiger partial charge in [0, 0.05) is 10.0 Å². The highest BCUT2D eigenvalue weighted by molar-refractivity contribution is 9.10. The molecule has 5 nitrogen and oxygen atoms in total. The Labute approximate surface area is 135 Å². The first-order chi connectivity index (χ1) is 10.5. The van der Waals surface area contributed by atoms with Gasteiger partial charge < -0.3 is 5.11 Å². The number of aromatic nitrogens is 3. The molecule has 2 aromatic carbocycles. The normalized spacial score (nSPS) is 10.6. The van der Waals surface area contributed by atoms with Crippen LogP contribution >= 0.6 is 15.9 Å². The van der Waals surface area contributed by atoms with Crippen molar-refractivity contribution in [3.8, 4) is 17.1 Å². The summed E-state index contributed by atoms with van der Waals surface area (Å²) in [6.07, 6.45) is 0. The fraction of sp³-hybridized carbons (Fsp3) is 0.0625. The van der Waals surface area contributed by atoms with E-state index in [0.29, 0.717) is 11.4 Å². The van der Waals surface area contributed by atoms with Crippen LogP contribution < -0.4 is 0 Å². The van der Waals surface area contributed by atoms with Crippen molar-refractivity contribution in [3.63, 3.8) is 0 Å². The molecule has 0 atom stereocenters. The van der Waals surface area contributed by atoms with Gasteiger partial charge in [-0.1, -0.05) is 28.1 Å². The van der Waals surface area contributed by atoms with Gasteiger partial charge in [-0.25, -0.2) is 14.5 Å². The average molecular weight is 358 g/mol. The number of nitrogens with zero attached hydrogens (tertiary/aromatic N) is 3. The molecule has 110 valence electrons. The van der Waals surface area contributed by atoms with E-state index < -0.39 is 5.97 Å². The Kier molecular flexibility index (Phi) is 3.77. The molecule has 0 unspecified atom stereocenters. The Balaban J connectivity index is 2.04. The fourth-order valence-electron chi connectivity index (χ4n) is 2.13. The molecule has 0 bridgehead atoms. The number of carboxylic acid groups (broad SMARTS) is 1. The molecule has 3 rings (SSSR count). The molecule has 6 heteroatoms. The van der Waals surface area contributed by atoms with Crippen molar-refractivity contribution in [2.24, 2.45) is 0 Å². The third-order valence-corrected chi connectivity index (χ3v) is 3.74. The van der Waals surface area contributed by atoms with Crippen LogP contribution in [0.25, 0.3) is 17.1 Å². The molecule has 0 aliphatic carbocycles. The van der Waals surface area contributed by atoms with E-state index in [4.69, 9.17) is 5.11 Å². The number of aryl methyl sites for hydroxylation is 1. The second-order valence-corrected chi connectivity index (χ2v) is 5.67. The molecule has 0 saturated heterocycles. The number of benzene rings is 2. The predicted octanol–water partition coefficient (Wildman–Crippen LogP) is 3.70. The van der Waals surface area contributed by atoms with Crippen LogP contribution in [0.5, 0.6) is 0 Å². The Morgan fingerprint density at radius 3 is 2.59 bits per heavy atom. The smallest absolute Gasteiger partial charge is 0.335 e. The van der Waals surface area contributed by atoms with Crippen molar-refractivity contribution in [1.82, 2.24) is 14.8 Å². The van der Waals surface area contributed by atoms with Crippen molar-refractivity contribution in [2.75, 3.05) is 0 Å². The molecule has 1 aromatic heterocycles. The van der Waals surface area contributed by atoms with Gasteiger partial charge in [0.25, 0.3) is 0 Å². The lowest BCUT2D eigenvalue weighted by molar-refractivity contribution is 0.0697. The Morgan fingerprint density at radius 2 is 1.91 bits per heavy atom. The molecule has 0 saturated carbocycles. The molecule has 0 amide bonds. The van der Waals surface area contributed by atoms with E-state index in [0.717, 1.165) is 16.0 Å². The Hall–Kier alpha value is -2.47. The van der Waals surface area contributed by atoms with E-state index in [1.807, 2.05) is 31.2 Å². The van der Waals surface area contributed by atoms with E-state index in [9.17, 15) is 4.79 Å². The molecule has 0 radical (unpaired) electrons. The Morgan fingerprint density at radius 1 is 1.18 bits per heavy atom. The molecular weight excluding hydrogens is 346 g/mol. The summed E-state index contributed by atoms with van der Waals surface area (Å²) in [6.45, 7) is 1.86. The van der Waals surface area contributed by atoms with Gasteiger partial charge in [-0.15, -0.1) is 5.10 Å². The first-order valence-electron chi connectivity index (χ1n) is 6.58. The first kappa shape index (κ1) is 14.5. The molecule has 1 heterocycles. The maximum atomic E-state index is 11.1. The van der Waals surface area contributed by atoms with Gasteiger partial charge in [-0.3, -0.25) is 0 Å². The molecule has 22 heavy (non-hydrogen) atoms. The molecule has 3 aromatic rings. The molecular formula is C16H12BrN3O2. The summed E-state index contributed by atoms with van der Waals surface area (Å²) in [4.78, 5) is 15.5. The lowest BCUT2D eigenvalue weighted by atomic mass is 10.1. The SMILES string of the molecule is Cc1nc(-c2cccc(C(=O)O)c2)nn1-c1ccc(Br)cc1. The minimum Gasteiger partial charge on any atom is -0.478 e. The van der Waals surface area contributed by atoms with E-state index in [1.54, 1.807) is 28.9 Å². The van der Waals surface area contributed by atoms with Crippen LogP contribution in [0.2, 0.25) is 0 Å². The van der Waals surface area contributed by atoms with E-state index >= 15 is 0 Å². The number of hydrogen-bond acceptors (Lipinski definition) is 3. The number of aromatic carboxylic acids is 1. The van der Waals surface area contributed by atoms with E-state index in [-0.39, 0.29) is 5.56 Å². The van der Waals surface area contributed by atoms with Gasteiger partial charge in [-0.05, 0) is 43.3 Å². The van der Waals surface area contributed by atoms with Gasteiger partial charge in [0.2, 0.25) is 0 Å². The number of carboxylic acids is 1. The van der Waals surface area contributed by atoms with Crippen molar-refractivity contribution in [3.05, 3.63) is 64.4 Å². The highest BCUT2D eigenvalue weighted by Crippen LogP contribution is 2.20. The van der Waals surface area contributed by atoms with Crippen LogP contribution in [-0.4, -0.2) is 25.8 Å². The maximum absolute atomic E-state index is 11.1. The summed E-state index contributed by atoms with van der Waals surface area (Å²) in [7, 11) is 0. The van der Waals surface area contributed by atoms with E-state index in [2.05, 4.69) is 26.0 Å². The zero-order valence-corrected chi connectivity index (χ0v) is 13.3. The van der Waals surface area contributed by atoms with Gasteiger partial charge >= 0.3 is 5.97 Å². The maximum Gasteiger partial charge on any atom is 0.335 e. The van der Waals surface area contributed by atoms with Gasteiger partial charge in [0.05, 0.1) is 11.3 Å². The summed E-state index contributed by atoms with van der Waals surface area (Å²) in [5.74, 6) is 0.271. The second kappa shape index (κ2) is 5.73. The van der Waals surface area contributed by atoms with E-state index in [1.165, 1.54) is 0 Å². The topological polar surface area (TPSA) is 68.0 Å². The fourth-order valence-corrected chi connectivity index (χ4v) is 2.39. The molecule has 0 fully saturated rings. The summed E-state index contributed by atoms with van der Waals surface area (Å²) < 4.78 is 2.72. The van der Waals surface area contributed by atoms with Crippen LogP contribution in [0.3, 0.4) is 0 Å². The largest absolute Gasteiger partial charge is 0.478 e. The van der Waals surface area contributed by atoms with Crippen LogP contribution in [-0.2, 0) is 0 Å². The number of hydrogen-bond donors (Lipinski definition) is 1. The first-order valence-corrected chi connectivity index (χ1v) is 7.37. The van der Waals surface area contributed by atoms with Crippen LogP contribution in [0.4, 0.5) is 0 Å². The van der Waals surface area contributed by atoms with Crippen molar-refractivity contribution in [1.29, 1.82) is 0 Å². The third-order valence-electron chi connectivity index (χ3n) is 3.21. The summed E-state index contributed by atoms with van der Waals surface area (Å²) >= 11 is 3.40. The third kappa shape index (κ3) is 2.78. The van der Waals surface area contributed by atoms with Crippen molar-refractivity contribution >= 4 is 21.9 Å². The Bertz CT molecular complexity index is 841. The highest BCUT2D eigenvalue weighted by Gasteiger charge is 2.12. The highest BCUT2D eigenvalue weighted by atomic mass is 79.9. The minimum atomic E-state index is -0.967. The second-order valence-electron chi connectivity index (χ2n) is 4.76. The van der Waals surface area contributed by atoms with Gasteiger partial charge in [0.1, 0.15) is 5.82 Å². The molecule has 0 spiro atoms.